The van der Waals surface area contributed by atoms with Crippen molar-refractivity contribution in [2.24, 2.45) is 5.84 Å². The Kier molecular flexibility index (Phi) is 4.48. The van der Waals surface area contributed by atoms with E-state index in [0.29, 0.717) is 0 Å². The van der Waals surface area contributed by atoms with E-state index in [1.54, 1.807) is 11.8 Å². The van der Waals surface area contributed by atoms with Gasteiger partial charge in [0.2, 0.25) is 0 Å². The Labute approximate surface area is 106 Å². The first-order chi connectivity index (χ1) is 8.36. The molecule has 2 rings (SSSR count). The minimum atomic E-state index is -0.0426. The molecule has 1 aromatic rings. The lowest BCUT2D eigenvalue weighted by atomic mass is 10.0. The van der Waals surface area contributed by atoms with E-state index in [0.717, 1.165) is 25.2 Å². The Bertz CT molecular complexity index is 406. The molecule has 92 valence electrons. The summed E-state index contributed by atoms with van der Waals surface area (Å²) >= 11 is 1.72. The van der Waals surface area contributed by atoms with Gasteiger partial charge in [0.05, 0.1) is 6.61 Å². The first-order valence-corrected chi connectivity index (χ1v) is 7.01. The van der Waals surface area contributed by atoms with Crippen LogP contribution >= 0.6 is 11.8 Å². The summed E-state index contributed by atoms with van der Waals surface area (Å²) in [6.07, 6.45) is 6.35. The van der Waals surface area contributed by atoms with Crippen LogP contribution in [0.1, 0.15) is 24.4 Å². The summed E-state index contributed by atoms with van der Waals surface area (Å²) in [6, 6.07) is 8.23. The molecule has 1 aromatic carbocycles. The van der Waals surface area contributed by atoms with Crippen molar-refractivity contribution in [1.82, 2.24) is 5.43 Å². The predicted octanol–water partition coefficient (Wildman–Crippen LogP) is 2.61. The van der Waals surface area contributed by atoms with Gasteiger partial charge in [-0.25, -0.2) is 5.43 Å². The van der Waals surface area contributed by atoms with Crippen LogP contribution in [0.4, 0.5) is 0 Å². The second kappa shape index (κ2) is 6.10. The van der Waals surface area contributed by atoms with E-state index >= 15 is 0 Å². The minimum Gasteiger partial charge on any atom is -0.496 e. The zero-order chi connectivity index (χ0) is 12.1. The lowest BCUT2D eigenvalue weighted by molar-refractivity contribution is 0.167. The van der Waals surface area contributed by atoms with Gasteiger partial charge >= 0.3 is 0 Å². The molecular weight excluding hydrogens is 232 g/mol. The molecule has 0 aromatic heterocycles. The number of thioether (sulfide) groups is 1. The molecule has 0 spiro atoms. The van der Waals surface area contributed by atoms with Gasteiger partial charge in [0, 0.05) is 4.90 Å². The molecule has 4 heteroatoms. The summed E-state index contributed by atoms with van der Waals surface area (Å²) in [4.78, 5) is 1.23. The van der Waals surface area contributed by atoms with Crippen molar-refractivity contribution in [3.8, 4) is 0 Å². The maximum Gasteiger partial charge on any atom is 0.115 e. The fourth-order valence-corrected chi connectivity index (χ4v) is 2.64. The van der Waals surface area contributed by atoms with Crippen LogP contribution in [0.2, 0.25) is 0 Å². The van der Waals surface area contributed by atoms with Gasteiger partial charge in [-0.15, -0.1) is 11.8 Å². The standard InChI is InChI=1S/C13H18N2OS/c1-17-12-8-3-2-6-10(12)13(15-14)11-7-4-5-9-16-11/h2-3,6-8,13,15H,4-5,9,14H2,1H3. The van der Waals surface area contributed by atoms with Crippen molar-refractivity contribution in [3.63, 3.8) is 0 Å². The molecule has 0 aliphatic carbocycles. The Morgan fingerprint density at radius 1 is 1.41 bits per heavy atom. The molecule has 1 atom stereocenters. The zero-order valence-corrected chi connectivity index (χ0v) is 10.8. The van der Waals surface area contributed by atoms with Gasteiger partial charge in [0.15, 0.2) is 0 Å². The molecule has 0 saturated heterocycles. The van der Waals surface area contributed by atoms with E-state index in [4.69, 9.17) is 10.6 Å². The van der Waals surface area contributed by atoms with Crippen LogP contribution in [0.3, 0.4) is 0 Å². The van der Waals surface area contributed by atoms with Gasteiger partial charge in [0.1, 0.15) is 11.8 Å². The smallest absolute Gasteiger partial charge is 0.115 e. The van der Waals surface area contributed by atoms with Gasteiger partial charge in [-0.2, -0.15) is 0 Å². The molecule has 0 amide bonds. The molecular formula is C13H18N2OS. The van der Waals surface area contributed by atoms with Crippen LogP contribution in [-0.2, 0) is 4.74 Å². The Balaban J connectivity index is 2.31. The van der Waals surface area contributed by atoms with E-state index in [1.807, 2.05) is 12.1 Å². The van der Waals surface area contributed by atoms with Crippen LogP contribution in [0.5, 0.6) is 0 Å². The summed E-state index contributed by atoms with van der Waals surface area (Å²) in [7, 11) is 0. The number of nitrogens with one attached hydrogen (secondary N) is 1. The Morgan fingerprint density at radius 3 is 2.88 bits per heavy atom. The maximum absolute atomic E-state index is 5.69. The average molecular weight is 250 g/mol. The highest BCUT2D eigenvalue weighted by Gasteiger charge is 2.20. The van der Waals surface area contributed by atoms with Crippen LogP contribution in [0, 0.1) is 0 Å². The van der Waals surface area contributed by atoms with E-state index in [9.17, 15) is 0 Å². The maximum atomic E-state index is 5.69. The summed E-state index contributed by atoms with van der Waals surface area (Å²) < 4.78 is 5.69. The number of hydrogen-bond donors (Lipinski definition) is 2. The number of ether oxygens (including phenoxy) is 1. The third-order valence-electron chi connectivity index (χ3n) is 2.86. The molecule has 0 radical (unpaired) electrons. The van der Waals surface area contributed by atoms with Crippen LogP contribution < -0.4 is 11.3 Å². The third kappa shape index (κ3) is 2.83. The minimum absolute atomic E-state index is 0.0426. The molecule has 3 nitrogen and oxygen atoms in total. The fourth-order valence-electron chi connectivity index (χ4n) is 2.01. The molecule has 0 saturated carbocycles. The van der Waals surface area contributed by atoms with E-state index < -0.39 is 0 Å². The van der Waals surface area contributed by atoms with Crippen molar-refractivity contribution in [2.75, 3.05) is 12.9 Å². The first kappa shape index (κ1) is 12.5. The second-order valence-corrected chi connectivity index (χ2v) is 4.79. The quantitative estimate of drug-likeness (QED) is 0.490. The number of rotatable bonds is 4. The summed E-state index contributed by atoms with van der Waals surface area (Å²) in [5.74, 6) is 6.62. The van der Waals surface area contributed by atoms with E-state index in [-0.39, 0.29) is 6.04 Å². The molecule has 0 bridgehead atoms. The molecule has 1 aliphatic rings. The summed E-state index contributed by atoms with van der Waals surface area (Å²) in [6.45, 7) is 0.783. The molecule has 1 heterocycles. The largest absolute Gasteiger partial charge is 0.496 e. The van der Waals surface area contributed by atoms with Gasteiger partial charge in [0.25, 0.3) is 0 Å². The first-order valence-electron chi connectivity index (χ1n) is 5.78. The van der Waals surface area contributed by atoms with Crippen LogP contribution in [0.25, 0.3) is 0 Å². The van der Waals surface area contributed by atoms with Crippen molar-refractivity contribution >= 4 is 11.8 Å². The summed E-state index contributed by atoms with van der Waals surface area (Å²) in [5, 5.41) is 0. The molecule has 17 heavy (non-hydrogen) atoms. The number of nitrogens with two attached hydrogens (primary N) is 1. The van der Waals surface area contributed by atoms with Crippen LogP contribution in [0.15, 0.2) is 41.0 Å². The normalized spacial score (nSPS) is 17.2. The Hall–Kier alpha value is -0.970. The molecule has 1 aliphatic heterocycles. The highest BCUT2D eigenvalue weighted by molar-refractivity contribution is 7.98. The summed E-state index contributed by atoms with van der Waals surface area (Å²) in [5.41, 5.74) is 4.03. The van der Waals surface area contributed by atoms with Crippen molar-refractivity contribution < 1.29 is 4.74 Å². The van der Waals surface area contributed by atoms with Gasteiger partial charge < -0.3 is 4.74 Å². The van der Waals surface area contributed by atoms with Crippen molar-refractivity contribution in [3.05, 3.63) is 41.7 Å². The number of allylic oxidation sites excluding steroid dienone is 1. The third-order valence-corrected chi connectivity index (χ3v) is 3.68. The lowest BCUT2D eigenvalue weighted by Crippen LogP contribution is -2.31. The average Bonchev–Trinajstić information content (AvgIpc) is 2.41. The predicted molar refractivity (Wildman–Crippen MR) is 71.6 cm³/mol. The topological polar surface area (TPSA) is 47.3 Å². The molecule has 0 fully saturated rings. The highest BCUT2D eigenvalue weighted by atomic mass is 32.2. The van der Waals surface area contributed by atoms with E-state index in [1.165, 1.54) is 10.5 Å². The van der Waals surface area contributed by atoms with Gasteiger partial charge in [-0.1, -0.05) is 18.2 Å². The molecule has 3 N–H and O–H groups in total. The SMILES string of the molecule is CSc1ccccc1C(NN)C1=CCCCO1. The number of hydrazine groups is 1. The van der Waals surface area contributed by atoms with Crippen molar-refractivity contribution in [1.29, 1.82) is 0 Å². The van der Waals surface area contributed by atoms with Crippen molar-refractivity contribution in [2.45, 2.75) is 23.8 Å². The van der Waals surface area contributed by atoms with Gasteiger partial charge in [-0.3, -0.25) is 5.84 Å². The molecule has 1 unspecified atom stereocenters. The number of benzene rings is 1. The number of hydrogen-bond acceptors (Lipinski definition) is 4. The highest BCUT2D eigenvalue weighted by Crippen LogP contribution is 2.31. The lowest BCUT2D eigenvalue weighted by Gasteiger charge is -2.24. The zero-order valence-electron chi connectivity index (χ0n) is 9.98. The fraction of sp³-hybridized carbons (Fsp3) is 0.385. The second-order valence-electron chi connectivity index (χ2n) is 3.94. The van der Waals surface area contributed by atoms with Crippen LogP contribution in [-0.4, -0.2) is 12.9 Å². The van der Waals surface area contributed by atoms with Gasteiger partial charge in [-0.05, 0) is 36.8 Å². The Morgan fingerprint density at radius 2 is 2.24 bits per heavy atom. The monoisotopic (exact) mass is 250 g/mol. The van der Waals surface area contributed by atoms with E-state index in [2.05, 4.69) is 29.9 Å².